The van der Waals surface area contributed by atoms with E-state index in [9.17, 15) is 8.78 Å². The normalized spacial score (nSPS) is 9.58. The van der Waals surface area contributed by atoms with Crippen LogP contribution in [0.2, 0.25) is 0 Å². The summed E-state index contributed by atoms with van der Waals surface area (Å²) in [7, 11) is 0. The second kappa shape index (κ2) is 3.49. The van der Waals surface area contributed by atoms with E-state index in [0.717, 1.165) is 18.2 Å². The first-order valence-electron chi connectivity index (χ1n) is 3.40. The molecule has 1 aromatic carbocycles. The fraction of sp³-hybridized carbons (Fsp3) is 0. The minimum absolute atomic E-state index is 0.169. The first-order valence-corrected chi connectivity index (χ1v) is 3.40. The van der Waals surface area contributed by atoms with Gasteiger partial charge in [-0.25, -0.2) is 8.78 Å². The van der Waals surface area contributed by atoms with Crippen LogP contribution in [0, 0.1) is 11.6 Å². The van der Waals surface area contributed by atoms with Crippen molar-refractivity contribution in [2.24, 2.45) is 0 Å². The Kier molecular flexibility index (Phi) is 2.60. The molecule has 0 unspecified atom stereocenters. The third-order valence-corrected chi connectivity index (χ3v) is 1.45. The maximum absolute atomic E-state index is 12.5. The van der Waals surface area contributed by atoms with Gasteiger partial charge in [-0.3, -0.25) is 0 Å². The van der Waals surface area contributed by atoms with Crippen LogP contribution in [0.4, 0.5) is 8.78 Å². The van der Waals surface area contributed by atoms with Gasteiger partial charge in [-0.05, 0) is 17.6 Å². The fourth-order valence-electron chi connectivity index (χ4n) is 0.882. The number of benzene rings is 1. The molecule has 0 radical (unpaired) electrons. The molecule has 62 valence electrons. The zero-order valence-corrected chi connectivity index (χ0v) is 6.30. The Morgan fingerprint density at radius 2 is 1.75 bits per heavy atom. The van der Waals surface area contributed by atoms with Crippen molar-refractivity contribution in [1.82, 2.24) is 0 Å². The SMILES string of the molecule is C=CB(O)c1cc(F)cc(F)c1. The number of rotatable bonds is 2. The van der Waals surface area contributed by atoms with Crippen LogP contribution in [0.3, 0.4) is 0 Å². The van der Waals surface area contributed by atoms with Gasteiger partial charge >= 0.3 is 6.92 Å². The van der Waals surface area contributed by atoms with Crippen LogP contribution < -0.4 is 5.46 Å². The number of hydrogen-bond donors (Lipinski definition) is 1. The van der Waals surface area contributed by atoms with Crippen molar-refractivity contribution in [3.05, 3.63) is 42.4 Å². The summed E-state index contributed by atoms with van der Waals surface area (Å²) in [6, 6.07) is 2.88. The minimum atomic E-state index is -1.02. The molecule has 1 nitrogen and oxygen atoms in total. The standard InChI is InChI=1S/C8H7BF2O/c1-2-9(12)6-3-7(10)5-8(11)4-6/h2-5,12H,1H2. The molecule has 0 saturated carbocycles. The zero-order valence-electron chi connectivity index (χ0n) is 6.30. The molecule has 0 heterocycles. The molecule has 0 amide bonds. The van der Waals surface area contributed by atoms with E-state index in [0.29, 0.717) is 0 Å². The topological polar surface area (TPSA) is 20.2 Å². The van der Waals surface area contributed by atoms with Crippen molar-refractivity contribution < 1.29 is 13.8 Å². The van der Waals surface area contributed by atoms with Gasteiger partial charge in [0.1, 0.15) is 11.6 Å². The van der Waals surface area contributed by atoms with E-state index in [1.54, 1.807) is 0 Å². The Morgan fingerprint density at radius 1 is 1.25 bits per heavy atom. The van der Waals surface area contributed by atoms with Crippen LogP contribution in [0.5, 0.6) is 0 Å². The molecule has 12 heavy (non-hydrogen) atoms. The minimum Gasteiger partial charge on any atom is -0.443 e. The van der Waals surface area contributed by atoms with Gasteiger partial charge in [0.15, 0.2) is 0 Å². The fourth-order valence-corrected chi connectivity index (χ4v) is 0.882. The summed E-state index contributed by atoms with van der Waals surface area (Å²) in [6.45, 7) is 2.28. The molecule has 4 heteroatoms. The lowest BCUT2D eigenvalue weighted by molar-refractivity contribution is 0.578. The summed E-state index contributed by atoms with van der Waals surface area (Å²) in [5.74, 6) is -0.203. The molecule has 0 aliphatic carbocycles. The molecule has 0 aliphatic rings. The van der Waals surface area contributed by atoms with Crippen LogP contribution >= 0.6 is 0 Å². The maximum Gasteiger partial charge on any atom is 0.350 e. The van der Waals surface area contributed by atoms with E-state index in [1.165, 1.54) is 5.98 Å². The van der Waals surface area contributed by atoms with Gasteiger partial charge in [0.05, 0.1) is 0 Å². The van der Waals surface area contributed by atoms with Crippen molar-refractivity contribution in [3.8, 4) is 0 Å². The first-order chi connectivity index (χ1) is 5.63. The van der Waals surface area contributed by atoms with Gasteiger partial charge in [-0.2, -0.15) is 0 Å². The van der Waals surface area contributed by atoms with Gasteiger partial charge < -0.3 is 5.02 Å². The maximum atomic E-state index is 12.5. The van der Waals surface area contributed by atoms with Crippen LogP contribution in [-0.2, 0) is 0 Å². The number of hydrogen-bond acceptors (Lipinski definition) is 1. The Morgan fingerprint density at radius 3 is 2.17 bits per heavy atom. The predicted octanol–water partition coefficient (Wildman–Crippen LogP) is 0.881. The molecule has 0 saturated heterocycles. The summed E-state index contributed by atoms with van der Waals surface area (Å²) in [4.78, 5) is 0. The van der Waals surface area contributed by atoms with Gasteiger partial charge in [-0.1, -0.05) is 5.98 Å². The molecule has 0 fully saturated rings. The van der Waals surface area contributed by atoms with Gasteiger partial charge in [0.2, 0.25) is 0 Å². The molecule has 0 atom stereocenters. The van der Waals surface area contributed by atoms with E-state index in [4.69, 9.17) is 5.02 Å². The second-order valence-corrected chi connectivity index (χ2v) is 2.38. The third kappa shape index (κ3) is 1.92. The Bertz CT molecular complexity index is 281. The Hall–Kier alpha value is -1.16. The summed E-state index contributed by atoms with van der Waals surface area (Å²) in [6.07, 6.45) is 0. The lowest BCUT2D eigenvalue weighted by Crippen LogP contribution is -2.28. The van der Waals surface area contributed by atoms with Crippen molar-refractivity contribution in [3.63, 3.8) is 0 Å². The van der Waals surface area contributed by atoms with E-state index in [1.807, 2.05) is 0 Å². The molecular weight excluding hydrogens is 161 g/mol. The lowest BCUT2D eigenvalue weighted by Gasteiger charge is -2.00. The third-order valence-electron chi connectivity index (χ3n) is 1.45. The molecule has 0 bridgehead atoms. The lowest BCUT2D eigenvalue weighted by atomic mass is 9.62. The molecule has 0 aromatic heterocycles. The van der Waals surface area contributed by atoms with E-state index in [2.05, 4.69) is 6.58 Å². The van der Waals surface area contributed by atoms with Crippen LogP contribution in [0.25, 0.3) is 0 Å². The highest BCUT2D eigenvalue weighted by molar-refractivity contribution is 6.70. The van der Waals surface area contributed by atoms with E-state index < -0.39 is 18.6 Å². The monoisotopic (exact) mass is 168 g/mol. The molecular formula is C8H7BF2O. The van der Waals surface area contributed by atoms with Gasteiger partial charge in [0, 0.05) is 6.07 Å². The molecule has 1 rings (SSSR count). The zero-order chi connectivity index (χ0) is 9.14. The van der Waals surface area contributed by atoms with Crippen LogP contribution in [0.15, 0.2) is 30.8 Å². The van der Waals surface area contributed by atoms with Gasteiger partial charge in [0.25, 0.3) is 0 Å². The molecule has 1 N–H and O–H groups in total. The quantitative estimate of drug-likeness (QED) is 0.649. The molecule has 0 aliphatic heterocycles. The average Bonchev–Trinajstić information content (AvgIpc) is 2.01. The summed E-state index contributed by atoms with van der Waals surface area (Å²) < 4.78 is 25.1. The Labute approximate surface area is 69.5 Å². The summed E-state index contributed by atoms with van der Waals surface area (Å²) in [5, 5.41) is 9.13. The number of halogens is 2. The largest absolute Gasteiger partial charge is 0.443 e. The highest BCUT2D eigenvalue weighted by Gasteiger charge is 2.11. The van der Waals surface area contributed by atoms with Crippen molar-refractivity contribution in [1.29, 1.82) is 0 Å². The highest BCUT2D eigenvalue weighted by atomic mass is 19.1. The van der Waals surface area contributed by atoms with Crippen LogP contribution in [0.1, 0.15) is 0 Å². The van der Waals surface area contributed by atoms with Crippen molar-refractivity contribution >= 4 is 12.4 Å². The van der Waals surface area contributed by atoms with Gasteiger partial charge in [-0.15, -0.1) is 6.58 Å². The second-order valence-electron chi connectivity index (χ2n) is 2.38. The predicted molar refractivity (Wildman–Crippen MR) is 44.2 cm³/mol. The van der Waals surface area contributed by atoms with Crippen molar-refractivity contribution in [2.75, 3.05) is 0 Å². The summed E-state index contributed by atoms with van der Waals surface area (Å²) >= 11 is 0. The Balaban J connectivity index is 3.08. The first kappa shape index (κ1) is 8.94. The van der Waals surface area contributed by atoms with Crippen LogP contribution in [-0.4, -0.2) is 11.9 Å². The average molecular weight is 168 g/mol. The smallest absolute Gasteiger partial charge is 0.350 e. The van der Waals surface area contributed by atoms with E-state index >= 15 is 0 Å². The molecule has 1 aromatic rings. The van der Waals surface area contributed by atoms with E-state index in [-0.39, 0.29) is 5.46 Å². The van der Waals surface area contributed by atoms with Crippen molar-refractivity contribution in [2.45, 2.75) is 0 Å². The highest BCUT2D eigenvalue weighted by Crippen LogP contribution is 2.00. The summed E-state index contributed by atoms with van der Waals surface area (Å²) in [5.41, 5.74) is 0.169. The molecule has 0 spiro atoms.